The first kappa shape index (κ1) is 20.3. The third-order valence-corrected chi connectivity index (χ3v) is 5.61. The highest BCUT2D eigenvalue weighted by atomic mass is 14.9. The third-order valence-electron chi connectivity index (χ3n) is 5.61. The Labute approximate surface area is 195 Å². The van der Waals surface area contributed by atoms with Crippen LogP contribution in [0.3, 0.4) is 0 Å². The Hall–Kier alpha value is -5.56. The lowest BCUT2D eigenvalue weighted by Crippen LogP contribution is -2.00. The lowest BCUT2D eigenvalue weighted by Gasteiger charge is -2.12. The molecule has 3 aromatic carbocycles. The molecule has 0 bridgehead atoms. The quantitative estimate of drug-likeness (QED) is 0.262. The Bertz CT molecular complexity index is 1650. The number of benzene rings is 3. The molecule has 1 aliphatic carbocycles. The van der Waals surface area contributed by atoms with E-state index in [0.717, 1.165) is 22.3 Å². The minimum Gasteiger partial charge on any atom is -0.244 e. The van der Waals surface area contributed by atoms with Crippen LogP contribution >= 0.6 is 0 Å². The van der Waals surface area contributed by atoms with Gasteiger partial charge in [-0.1, -0.05) is 48.5 Å². The standard InChI is InChI=1S/C28H12N6/c1-32-23(16-31)24-21-4-2-3-5-22(21)27-28(24)34-26(20-12-8-18(15-30)9-13-20)25(33-27)19-10-6-17(14-29)7-11-19/h2-13H/b24-23+. The van der Waals surface area contributed by atoms with Crippen LogP contribution in [0.2, 0.25) is 0 Å². The van der Waals surface area contributed by atoms with E-state index in [-0.39, 0.29) is 5.70 Å². The van der Waals surface area contributed by atoms with Gasteiger partial charge in [0.25, 0.3) is 5.70 Å². The maximum atomic E-state index is 9.64. The molecule has 6 heteroatoms. The first-order chi connectivity index (χ1) is 16.7. The molecule has 1 aliphatic rings. The minimum atomic E-state index is -0.0441. The molecule has 0 aliphatic heterocycles. The fraction of sp³-hybridized carbons (Fsp3) is 0. The number of allylic oxidation sites excluding steroid dienone is 1. The van der Waals surface area contributed by atoms with Gasteiger partial charge in [0, 0.05) is 22.3 Å². The fourth-order valence-electron chi connectivity index (χ4n) is 4.02. The average molecular weight is 432 g/mol. The zero-order chi connectivity index (χ0) is 23.7. The summed E-state index contributed by atoms with van der Waals surface area (Å²) >= 11 is 0. The molecule has 6 nitrogen and oxygen atoms in total. The molecule has 5 rings (SSSR count). The topological polar surface area (TPSA) is 102 Å². The smallest absolute Gasteiger partial charge is 0.244 e. The van der Waals surface area contributed by atoms with Crippen molar-refractivity contribution in [2.75, 3.05) is 0 Å². The second-order valence-electron chi connectivity index (χ2n) is 7.49. The second kappa shape index (κ2) is 8.18. The molecule has 0 fully saturated rings. The predicted molar refractivity (Wildman–Crippen MR) is 126 cm³/mol. The van der Waals surface area contributed by atoms with Gasteiger partial charge in [0.05, 0.1) is 58.7 Å². The number of hydrogen-bond acceptors (Lipinski definition) is 5. The lowest BCUT2D eigenvalue weighted by atomic mass is 10.0. The summed E-state index contributed by atoms with van der Waals surface area (Å²) in [5.41, 5.74) is 6.77. The molecule has 0 amide bonds. The molecule has 1 heterocycles. The number of aromatic nitrogens is 2. The average Bonchev–Trinajstić information content (AvgIpc) is 3.22. The minimum absolute atomic E-state index is 0.0441. The highest BCUT2D eigenvalue weighted by molar-refractivity contribution is 6.02. The van der Waals surface area contributed by atoms with Crippen LogP contribution in [0.1, 0.15) is 22.4 Å². The summed E-state index contributed by atoms with van der Waals surface area (Å²) in [5.74, 6) is 0. The molecule has 1 aromatic heterocycles. The van der Waals surface area contributed by atoms with Gasteiger partial charge < -0.3 is 0 Å². The lowest BCUT2D eigenvalue weighted by molar-refractivity contribution is 1.20. The van der Waals surface area contributed by atoms with Crippen molar-refractivity contribution in [1.82, 2.24) is 9.97 Å². The van der Waals surface area contributed by atoms with Crippen molar-refractivity contribution in [3.63, 3.8) is 0 Å². The van der Waals surface area contributed by atoms with Crippen molar-refractivity contribution in [3.8, 4) is 52.0 Å². The molecule has 4 aromatic rings. The van der Waals surface area contributed by atoms with E-state index in [0.29, 0.717) is 39.5 Å². The van der Waals surface area contributed by atoms with Crippen LogP contribution in [0.5, 0.6) is 0 Å². The number of fused-ring (bicyclic) bond motifs is 3. The van der Waals surface area contributed by atoms with Crippen LogP contribution in [0.4, 0.5) is 0 Å². The summed E-state index contributed by atoms with van der Waals surface area (Å²) < 4.78 is 0. The van der Waals surface area contributed by atoms with Crippen LogP contribution in [-0.2, 0) is 0 Å². The van der Waals surface area contributed by atoms with Crippen molar-refractivity contribution < 1.29 is 0 Å². The van der Waals surface area contributed by atoms with E-state index >= 15 is 0 Å². The van der Waals surface area contributed by atoms with Crippen LogP contribution in [0, 0.1) is 40.6 Å². The van der Waals surface area contributed by atoms with Crippen molar-refractivity contribution >= 4 is 5.57 Å². The van der Waals surface area contributed by atoms with E-state index in [1.807, 2.05) is 42.5 Å². The molecule has 0 spiro atoms. The summed E-state index contributed by atoms with van der Waals surface area (Å²) in [4.78, 5) is 13.4. The Kier molecular flexibility index (Phi) is 4.89. The molecule has 0 unspecified atom stereocenters. The van der Waals surface area contributed by atoms with E-state index in [1.54, 1.807) is 36.4 Å². The number of nitrogens with zero attached hydrogens (tertiary/aromatic N) is 6. The highest BCUT2D eigenvalue weighted by Gasteiger charge is 2.31. The Balaban J connectivity index is 1.86. The largest absolute Gasteiger partial charge is 0.271 e. The summed E-state index contributed by atoms with van der Waals surface area (Å²) in [5, 5.41) is 28.0. The van der Waals surface area contributed by atoms with Gasteiger partial charge in [0.1, 0.15) is 0 Å². The summed E-state index contributed by atoms with van der Waals surface area (Å²) in [6.45, 7) is 7.52. The zero-order valence-electron chi connectivity index (χ0n) is 17.6. The summed E-state index contributed by atoms with van der Waals surface area (Å²) in [6, 6.07) is 27.8. The number of nitriles is 3. The van der Waals surface area contributed by atoms with E-state index in [2.05, 4.69) is 17.0 Å². The van der Waals surface area contributed by atoms with E-state index in [9.17, 15) is 15.8 Å². The van der Waals surface area contributed by atoms with Crippen molar-refractivity contribution in [2.24, 2.45) is 0 Å². The van der Waals surface area contributed by atoms with Crippen LogP contribution < -0.4 is 0 Å². The van der Waals surface area contributed by atoms with E-state index in [1.165, 1.54) is 0 Å². The maximum Gasteiger partial charge on any atom is 0.271 e. The molecule has 0 atom stereocenters. The van der Waals surface area contributed by atoms with Gasteiger partial charge in [-0.3, -0.25) is 0 Å². The molecule has 154 valence electrons. The van der Waals surface area contributed by atoms with E-state index < -0.39 is 0 Å². The zero-order valence-corrected chi connectivity index (χ0v) is 17.6. The second-order valence-corrected chi connectivity index (χ2v) is 7.49. The molecular weight excluding hydrogens is 420 g/mol. The van der Waals surface area contributed by atoms with Crippen molar-refractivity contribution in [1.29, 1.82) is 15.8 Å². The van der Waals surface area contributed by atoms with Gasteiger partial charge in [-0.25, -0.2) is 20.1 Å². The maximum absolute atomic E-state index is 9.64. The highest BCUT2D eigenvalue weighted by Crippen LogP contribution is 2.46. The predicted octanol–water partition coefficient (Wildman–Crippen LogP) is 5.74. The molecule has 0 radical (unpaired) electrons. The monoisotopic (exact) mass is 432 g/mol. The Morgan fingerprint density at radius 2 is 1.15 bits per heavy atom. The summed E-state index contributed by atoms with van der Waals surface area (Å²) in [6.07, 6.45) is 0. The fourth-order valence-corrected chi connectivity index (χ4v) is 4.02. The van der Waals surface area contributed by atoms with Crippen LogP contribution in [0.25, 0.3) is 44.2 Å². The van der Waals surface area contributed by atoms with Gasteiger partial charge >= 0.3 is 0 Å². The van der Waals surface area contributed by atoms with Crippen molar-refractivity contribution in [2.45, 2.75) is 0 Å². The van der Waals surface area contributed by atoms with Crippen molar-refractivity contribution in [3.05, 3.63) is 112 Å². The molecule has 0 N–H and O–H groups in total. The molecular formula is C28H12N6. The first-order valence-corrected chi connectivity index (χ1v) is 10.2. The molecule has 0 saturated carbocycles. The van der Waals surface area contributed by atoms with Gasteiger partial charge in [0.2, 0.25) is 0 Å². The normalized spacial score (nSPS) is 12.4. The first-order valence-electron chi connectivity index (χ1n) is 10.2. The van der Waals surface area contributed by atoms with Gasteiger partial charge in [-0.05, 0) is 29.8 Å². The Morgan fingerprint density at radius 3 is 1.62 bits per heavy atom. The number of rotatable bonds is 2. The molecule has 34 heavy (non-hydrogen) atoms. The van der Waals surface area contributed by atoms with Crippen LogP contribution in [0.15, 0.2) is 78.5 Å². The van der Waals surface area contributed by atoms with Gasteiger partial charge in [-0.15, -0.1) is 0 Å². The van der Waals surface area contributed by atoms with Crippen LogP contribution in [-0.4, -0.2) is 9.97 Å². The SMILES string of the molecule is [C-]#[N+]/C(C#N)=C1\c2ccccc2-c2nc(-c3ccc(C#N)cc3)c(-c3ccc(C#N)cc3)nc21. The van der Waals surface area contributed by atoms with Gasteiger partial charge in [-0.2, -0.15) is 10.5 Å². The Morgan fingerprint density at radius 1 is 0.647 bits per heavy atom. The summed E-state index contributed by atoms with van der Waals surface area (Å²) in [7, 11) is 0. The third kappa shape index (κ3) is 3.17. The van der Waals surface area contributed by atoms with E-state index in [4.69, 9.17) is 16.5 Å². The number of hydrogen-bond donors (Lipinski definition) is 0. The molecule has 0 saturated heterocycles. The van der Waals surface area contributed by atoms with Gasteiger partial charge in [0.15, 0.2) is 0 Å².